The van der Waals surface area contributed by atoms with Crippen LogP contribution < -0.4 is 4.74 Å². The molecule has 0 spiro atoms. The van der Waals surface area contributed by atoms with Gasteiger partial charge in [0, 0.05) is 10.9 Å². The van der Waals surface area contributed by atoms with E-state index in [0.29, 0.717) is 22.6 Å². The Labute approximate surface area is 127 Å². The summed E-state index contributed by atoms with van der Waals surface area (Å²) in [5, 5.41) is 0.542. The number of sulfone groups is 1. The van der Waals surface area contributed by atoms with Gasteiger partial charge in [0.2, 0.25) is 9.84 Å². The topological polar surface area (TPSA) is 43.4 Å². The van der Waals surface area contributed by atoms with Crippen molar-refractivity contribution in [1.82, 2.24) is 0 Å². The number of halogens is 1. The number of hydrogen-bond acceptors (Lipinski definition) is 3. The summed E-state index contributed by atoms with van der Waals surface area (Å²) in [5.41, 5.74) is 0.823. The first kappa shape index (κ1) is 15.1. The third kappa shape index (κ3) is 3.04. The average molecular weight is 355 g/mol. The van der Waals surface area contributed by atoms with E-state index in [1.807, 2.05) is 6.92 Å². The third-order valence-electron chi connectivity index (χ3n) is 2.84. The quantitative estimate of drug-likeness (QED) is 0.766. The Balaban J connectivity index is 2.48. The highest BCUT2D eigenvalue weighted by Crippen LogP contribution is 2.28. The van der Waals surface area contributed by atoms with Crippen LogP contribution in [0.2, 0.25) is 0 Å². The molecular formula is C15H15BrO3S. The number of benzene rings is 2. The Morgan fingerprint density at radius 3 is 2.35 bits per heavy atom. The maximum atomic E-state index is 12.5. The fourth-order valence-corrected chi connectivity index (χ4v) is 3.63. The first-order valence-electron chi connectivity index (χ1n) is 6.21. The Hall–Kier alpha value is -1.33. The molecule has 0 aromatic heterocycles. The number of hydrogen-bond donors (Lipinski definition) is 0. The van der Waals surface area contributed by atoms with Gasteiger partial charge in [-0.2, -0.15) is 0 Å². The van der Waals surface area contributed by atoms with Gasteiger partial charge in [-0.25, -0.2) is 8.42 Å². The molecule has 0 fully saturated rings. The van der Waals surface area contributed by atoms with Crippen molar-refractivity contribution in [3.05, 3.63) is 54.1 Å². The summed E-state index contributed by atoms with van der Waals surface area (Å²) in [6.45, 7) is 2.44. The summed E-state index contributed by atoms with van der Waals surface area (Å²) in [6.07, 6.45) is 0. The van der Waals surface area contributed by atoms with Gasteiger partial charge in [0.05, 0.1) is 16.4 Å². The number of rotatable bonds is 5. The standard InChI is InChI=1S/C15H15BrO3S/c1-2-19-15-9-8-14(10-12(15)11-16)20(17,18)13-6-4-3-5-7-13/h3-10H,2,11H2,1H3. The lowest BCUT2D eigenvalue weighted by Crippen LogP contribution is -2.03. The van der Waals surface area contributed by atoms with Gasteiger partial charge in [-0.1, -0.05) is 34.1 Å². The molecule has 0 amide bonds. The molecule has 20 heavy (non-hydrogen) atoms. The Kier molecular flexibility index (Phi) is 4.83. The van der Waals surface area contributed by atoms with Crippen LogP contribution in [0, 0.1) is 0 Å². The lowest BCUT2D eigenvalue weighted by atomic mass is 10.2. The van der Waals surface area contributed by atoms with Gasteiger partial charge in [0.15, 0.2) is 0 Å². The van der Waals surface area contributed by atoms with E-state index in [4.69, 9.17) is 4.74 Å². The molecule has 0 saturated carbocycles. The predicted molar refractivity (Wildman–Crippen MR) is 82.1 cm³/mol. The van der Waals surface area contributed by atoms with Crippen LogP contribution in [0.4, 0.5) is 0 Å². The van der Waals surface area contributed by atoms with Gasteiger partial charge < -0.3 is 4.74 Å². The smallest absolute Gasteiger partial charge is 0.206 e. The van der Waals surface area contributed by atoms with E-state index in [-0.39, 0.29) is 4.90 Å². The van der Waals surface area contributed by atoms with Gasteiger partial charge in [0.1, 0.15) is 5.75 Å². The van der Waals surface area contributed by atoms with E-state index in [0.717, 1.165) is 5.56 Å². The van der Waals surface area contributed by atoms with Crippen molar-refractivity contribution in [3.8, 4) is 5.75 Å². The van der Waals surface area contributed by atoms with Gasteiger partial charge in [-0.15, -0.1) is 0 Å². The van der Waals surface area contributed by atoms with Crippen LogP contribution in [0.15, 0.2) is 58.3 Å². The Morgan fingerprint density at radius 2 is 1.75 bits per heavy atom. The zero-order valence-electron chi connectivity index (χ0n) is 11.0. The molecule has 0 aliphatic rings. The first-order chi connectivity index (χ1) is 9.59. The second-order valence-corrected chi connectivity index (χ2v) is 6.66. The van der Waals surface area contributed by atoms with Crippen molar-refractivity contribution >= 4 is 25.8 Å². The zero-order valence-corrected chi connectivity index (χ0v) is 13.4. The van der Waals surface area contributed by atoms with Crippen molar-refractivity contribution in [2.24, 2.45) is 0 Å². The van der Waals surface area contributed by atoms with Crippen LogP contribution in [0.3, 0.4) is 0 Å². The fraction of sp³-hybridized carbons (Fsp3) is 0.200. The van der Waals surface area contributed by atoms with E-state index in [9.17, 15) is 8.42 Å². The summed E-state index contributed by atoms with van der Waals surface area (Å²) in [6, 6.07) is 13.4. The van der Waals surface area contributed by atoms with E-state index < -0.39 is 9.84 Å². The van der Waals surface area contributed by atoms with Gasteiger partial charge in [-0.3, -0.25) is 0 Å². The highest BCUT2D eigenvalue weighted by Gasteiger charge is 2.18. The second kappa shape index (κ2) is 6.41. The summed E-state index contributed by atoms with van der Waals surface area (Å²) in [7, 11) is -3.48. The molecule has 2 aromatic rings. The SMILES string of the molecule is CCOc1ccc(S(=O)(=O)c2ccccc2)cc1CBr. The molecule has 0 aliphatic carbocycles. The molecule has 0 unspecified atom stereocenters. The van der Waals surface area contributed by atoms with Crippen molar-refractivity contribution in [3.63, 3.8) is 0 Å². The number of ether oxygens (including phenoxy) is 1. The van der Waals surface area contributed by atoms with E-state index in [1.165, 1.54) is 0 Å². The molecule has 2 aromatic carbocycles. The van der Waals surface area contributed by atoms with Crippen LogP contribution in [0.1, 0.15) is 12.5 Å². The minimum absolute atomic E-state index is 0.279. The summed E-state index contributed by atoms with van der Waals surface area (Å²) < 4.78 is 30.5. The molecule has 2 rings (SSSR count). The molecule has 0 N–H and O–H groups in total. The van der Waals surface area contributed by atoms with Crippen LogP contribution in [0.5, 0.6) is 5.75 Å². The summed E-state index contributed by atoms with van der Waals surface area (Å²) >= 11 is 3.36. The molecule has 0 atom stereocenters. The Morgan fingerprint density at radius 1 is 1.05 bits per heavy atom. The predicted octanol–water partition coefficient (Wildman–Crippen LogP) is 3.81. The van der Waals surface area contributed by atoms with Crippen molar-refractivity contribution in [1.29, 1.82) is 0 Å². The second-order valence-electron chi connectivity index (χ2n) is 4.15. The molecule has 0 aliphatic heterocycles. The van der Waals surface area contributed by atoms with Gasteiger partial charge in [0.25, 0.3) is 0 Å². The highest BCUT2D eigenvalue weighted by atomic mass is 79.9. The minimum atomic E-state index is -3.48. The lowest BCUT2D eigenvalue weighted by Gasteiger charge is -2.11. The van der Waals surface area contributed by atoms with Crippen LogP contribution in [-0.4, -0.2) is 15.0 Å². The lowest BCUT2D eigenvalue weighted by molar-refractivity contribution is 0.337. The Bertz CT molecular complexity index is 682. The largest absolute Gasteiger partial charge is 0.494 e. The summed E-state index contributed by atoms with van der Waals surface area (Å²) in [5.74, 6) is 0.705. The van der Waals surface area contributed by atoms with Crippen molar-refractivity contribution in [2.45, 2.75) is 22.0 Å². The zero-order chi connectivity index (χ0) is 14.6. The maximum absolute atomic E-state index is 12.5. The third-order valence-corrected chi connectivity index (χ3v) is 5.21. The molecule has 0 bridgehead atoms. The van der Waals surface area contributed by atoms with E-state index in [2.05, 4.69) is 15.9 Å². The normalized spacial score (nSPS) is 11.3. The summed E-state index contributed by atoms with van der Waals surface area (Å²) in [4.78, 5) is 0.575. The van der Waals surface area contributed by atoms with E-state index >= 15 is 0 Å². The molecule has 106 valence electrons. The first-order valence-corrected chi connectivity index (χ1v) is 8.82. The molecule has 0 radical (unpaired) electrons. The van der Waals surface area contributed by atoms with Crippen molar-refractivity contribution < 1.29 is 13.2 Å². The average Bonchev–Trinajstić information content (AvgIpc) is 2.48. The highest BCUT2D eigenvalue weighted by molar-refractivity contribution is 9.08. The van der Waals surface area contributed by atoms with Gasteiger partial charge in [-0.05, 0) is 37.3 Å². The van der Waals surface area contributed by atoms with Crippen molar-refractivity contribution in [2.75, 3.05) is 6.61 Å². The van der Waals surface area contributed by atoms with E-state index in [1.54, 1.807) is 48.5 Å². The molecule has 5 heteroatoms. The van der Waals surface area contributed by atoms with Crippen LogP contribution >= 0.6 is 15.9 Å². The fourth-order valence-electron chi connectivity index (χ4n) is 1.86. The maximum Gasteiger partial charge on any atom is 0.206 e. The number of alkyl halides is 1. The van der Waals surface area contributed by atoms with Crippen LogP contribution in [-0.2, 0) is 15.2 Å². The molecular weight excluding hydrogens is 340 g/mol. The van der Waals surface area contributed by atoms with Crippen LogP contribution in [0.25, 0.3) is 0 Å². The van der Waals surface area contributed by atoms with Gasteiger partial charge >= 0.3 is 0 Å². The monoisotopic (exact) mass is 354 g/mol. The molecule has 0 heterocycles. The molecule has 0 saturated heterocycles. The minimum Gasteiger partial charge on any atom is -0.494 e. The molecule has 3 nitrogen and oxygen atoms in total.